The van der Waals surface area contributed by atoms with E-state index >= 15 is 0 Å². The summed E-state index contributed by atoms with van der Waals surface area (Å²) in [6.45, 7) is 14.2. The molecule has 0 bridgehead atoms. The summed E-state index contributed by atoms with van der Waals surface area (Å²) < 4.78 is 42.1. The minimum atomic E-state index is -0.235. The van der Waals surface area contributed by atoms with E-state index < -0.39 is 0 Å². The van der Waals surface area contributed by atoms with Crippen LogP contribution >= 0.6 is 0 Å². The van der Waals surface area contributed by atoms with Gasteiger partial charge in [-0.3, -0.25) is 4.79 Å². The molecule has 0 saturated carbocycles. The van der Waals surface area contributed by atoms with Crippen molar-refractivity contribution in [2.45, 2.75) is 0 Å². The second-order valence-electron chi connectivity index (χ2n) is 6.36. The van der Waals surface area contributed by atoms with Crippen molar-refractivity contribution < 1.29 is 42.7 Å². The highest BCUT2D eigenvalue weighted by Gasteiger charge is 2.15. The van der Waals surface area contributed by atoms with Gasteiger partial charge in [0.1, 0.15) is 0 Å². The quantitative estimate of drug-likeness (QED) is 0.138. The van der Waals surface area contributed by atoms with Crippen molar-refractivity contribution in [3.05, 3.63) is 11.4 Å². The molecule has 0 atom stereocenters. The molecule has 0 radical (unpaired) electrons. The Hall–Kier alpha value is -1.36. The lowest BCUT2D eigenvalue weighted by atomic mass is 10.4. The standard InChI is InChI=1S/C21H40N2O9/c1-22-20-21(24)23(4-6-27-12-14-31-18-16-29-10-8-25-2)5-7-28-13-15-32-19-17-30-11-9-26-3/h4-20H2,2-3H3. The molecule has 0 aromatic carbocycles. The lowest BCUT2D eigenvalue weighted by molar-refractivity contribution is -0.130. The first-order valence-corrected chi connectivity index (χ1v) is 10.8. The van der Waals surface area contributed by atoms with Gasteiger partial charge in [-0.25, -0.2) is 6.57 Å². The molecule has 32 heavy (non-hydrogen) atoms. The molecule has 11 heteroatoms. The van der Waals surface area contributed by atoms with Gasteiger partial charge in [0.2, 0.25) is 0 Å². The molecule has 0 spiro atoms. The third kappa shape index (κ3) is 21.9. The number of nitrogens with zero attached hydrogens (tertiary/aromatic N) is 2. The summed E-state index contributed by atoms with van der Waals surface area (Å²) in [4.78, 5) is 16.8. The number of rotatable bonds is 25. The first-order valence-electron chi connectivity index (χ1n) is 10.8. The lowest BCUT2D eigenvalue weighted by Crippen LogP contribution is -2.38. The summed E-state index contributed by atoms with van der Waals surface area (Å²) in [6.07, 6.45) is 0. The molecular formula is C21H40N2O9. The molecule has 0 N–H and O–H groups in total. The zero-order valence-electron chi connectivity index (χ0n) is 19.6. The number of carbonyl (C=O) groups excluding carboxylic acids is 1. The van der Waals surface area contributed by atoms with Crippen molar-refractivity contribution in [3.8, 4) is 0 Å². The maximum absolute atomic E-state index is 12.1. The van der Waals surface area contributed by atoms with Crippen molar-refractivity contribution in [2.24, 2.45) is 0 Å². The molecular weight excluding hydrogens is 424 g/mol. The molecule has 11 nitrogen and oxygen atoms in total. The smallest absolute Gasteiger partial charge is 0.302 e. The van der Waals surface area contributed by atoms with Crippen LogP contribution in [-0.2, 0) is 42.7 Å². The van der Waals surface area contributed by atoms with Crippen LogP contribution in [0.3, 0.4) is 0 Å². The zero-order chi connectivity index (χ0) is 23.5. The molecule has 0 fully saturated rings. The van der Waals surface area contributed by atoms with Crippen LogP contribution in [-0.4, -0.2) is 137 Å². The predicted molar refractivity (Wildman–Crippen MR) is 117 cm³/mol. The summed E-state index contributed by atoms with van der Waals surface area (Å²) in [5.74, 6) is -0.235. The van der Waals surface area contributed by atoms with E-state index in [4.69, 9.17) is 44.5 Å². The van der Waals surface area contributed by atoms with Gasteiger partial charge in [0.25, 0.3) is 6.54 Å². The van der Waals surface area contributed by atoms with Gasteiger partial charge in [0.05, 0.1) is 92.5 Å². The van der Waals surface area contributed by atoms with Crippen LogP contribution in [0.1, 0.15) is 0 Å². The van der Waals surface area contributed by atoms with Gasteiger partial charge >= 0.3 is 5.91 Å². The van der Waals surface area contributed by atoms with Crippen LogP contribution in [0.2, 0.25) is 0 Å². The van der Waals surface area contributed by atoms with Gasteiger partial charge in [0, 0.05) is 27.3 Å². The van der Waals surface area contributed by atoms with Gasteiger partial charge in [-0.1, -0.05) is 0 Å². The fourth-order valence-electron chi connectivity index (χ4n) is 2.25. The number of ether oxygens (including phenoxy) is 8. The number of carbonyl (C=O) groups is 1. The summed E-state index contributed by atoms with van der Waals surface area (Å²) in [6, 6.07) is 0. The van der Waals surface area contributed by atoms with Crippen molar-refractivity contribution >= 4 is 5.91 Å². The molecule has 0 rings (SSSR count). The fraction of sp³-hybridized carbons (Fsp3) is 0.905. The molecule has 0 aromatic heterocycles. The molecule has 1 amide bonds. The van der Waals surface area contributed by atoms with Gasteiger partial charge in [-0.2, -0.15) is 0 Å². The number of hydrogen-bond donors (Lipinski definition) is 0. The summed E-state index contributed by atoms with van der Waals surface area (Å²) in [7, 11) is 3.25. The Morgan fingerprint density at radius 2 is 0.906 bits per heavy atom. The van der Waals surface area contributed by atoms with Crippen LogP contribution in [0, 0.1) is 6.57 Å². The van der Waals surface area contributed by atoms with Gasteiger partial charge in [-0.05, 0) is 0 Å². The van der Waals surface area contributed by atoms with Crippen LogP contribution < -0.4 is 0 Å². The highest BCUT2D eigenvalue weighted by atomic mass is 16.6. The van der Waals surface area contributed by atoms with Crippen LogP contribution in [0.5, 0.6) is 0 Å². The topological polar surface area (TPSA) is 98.5 Å². The maximum Gasteiger partial charge on any atom is 0.302 e. The van der Waals surface area contributed by atoms with E-state index in [1.54, 1.807) is 19.1 Å². The van der Waals surface area contributed by atoms with Crippen LogP contribution in [0.25, 0.3) is 4.85 Å². The van der Waals surface area contributed by atoms with Gasteiger partial charge in [0.15, 0.2) is 0 Å². The summed E-state index contributed by atoms with van der Waals surface area (Å²) in [5, 5.41) is 0. The Labute approximate surface area is 191 Å². The van der Waals surface area contributed by atoms with Crippen LogP contribution in [0.15, 0.2) is 0 Å². The molecule has 0 heterocycles. The second kappa shape index (κ2) is 25.9. The van der Waals surface area contributed by atoms with Crippen LogP contribution in [0.4, 0.5) is 0 Å². The first kappa shape index (κ1) is 30.6. The Bertz CT molecular complexity index is 423. The van der Waals surface area contributed by atoms with E-state index in [2.05, 4.69) is 4.85 Å². The van der Waals surface area contributed by atoms with Gasteiger partial charge in [-0.15, -0.1) is 0 Å². The number of methoxy groups -OCH3 is 2. The summed E-state index contributed by atoms with van der Waals surface area (Å²) in [5.41, 5.74) is 0. The second-order valence-corrected chi connectivity index (χ2v) is 6.36. The third-order valence-corrected chi connectivity index (χ3v) is 3.93. The Morgan fingerprint density at radius 1 is 0.594 bits per heavy atom. The Kier molecular flexibility index (Phi) is 24.8. The molecule has 0 aliphatic carbocycles. The highest BCUT2D eigenvalue weighted by Crippen LogP contribution is 1.94. The van der Waals surface area contributed by atoms with E-state index in [1.807, 2.05) is 0 Å². The zero-order valence-corrected chi connectivity index (χ0v) is 19.6. The van der Waals surface area contributed by atoms with E-state index in [9.17, 15) is 4.79 Å². The molecule has 0 aliphatic heterocycles. The van der Waals surface area contributed by atoms with E-state index in [0.29, 0.717) is 106 Å². The maximum atomic E-state index is 12.1. The van der Waals surface area contributed by atoms with E-state index in [1.165, 1.54) is 0 Å². The van der Waals surface area contributed by atoms with Crippen molar-refractivity contribution in [2.75, 3.05) is 126 Å². The summed E-state index contributed by atoms with van der Waals surface area (Å²) >= 11 is 0. The van der Waals surface area contributed by atoms with Crippen molar-refractivity contribution in [3.63, 3.8) is 0 Å². The Balaban J connectivity index is 3.69. The largest absolute Gasteiger partial charge is 0.382 e. The van der Waals surface area contributed by atoms with Gasteiger partial charge < -0.3 is 47.6 Å². The molecule has 0 saturated heterocycles. The van der Waals surface area contributed by atoms with Crippen molar-refractivity contribution in [1.29, 1.82) is 0 Å². The number of hydrogen-bond acceptors (Lipinski definition) is 9. The molecule has 188 valence electrons. The van der Waals surface area contributed by atoms with Crippen molar-refractivity contribution in [1.82, 2.24) is 4.90 Å². The monoisotopic (exact) mass is 464 g/mol. The lowest BCUT2D eigenvalue weighted by Gasteiger charge is -2.20. The molecule has 0 aromatic rings. The first-order chi connectivity index (χ1) is 15.8. The average Bonchev–Trinajstić information content (AvgIpc) is 2.79. The SMILES string of the molecule is [C-]#[N+]CC(=O)N(CCOCCOCCOCCOC)CCOCCOCCOCCOC. The van der Waals surface area contributed by atoms with E-state index in [0.717, 1.165) is 0 Å². The minimum absolute atomic E-state index is 0.182. The fourth-order valence-corrected chi connectivity index (χ4v) is 2.25. The molecule has 0 aliphatic rings. The normalized spacial score (nSPS) is 10.9. The number of amides is 1. The third-order valence-electron chi connectivity index (χ3n) is 3.93. The molecule has 0 unspecified atom stereocenters. The predicted octanol–water partition coefficient (Wildman–Crippen LogP) is 0.127. The van der Waals surface area contributed by atoms with E-state index in [-0.39, 0.29) is 12.5 Å². The minimum Gasteiger partial charge on any atom is -0.382 e. The Morgan fingerprint density at radius 3 is 1.22 bits per heavy atom. The highest BCUT2D eigenvalue weighted by molar-refractivity contribution is 5.79. The average molecular weight is 465 g/mol.